The van der Waals surface area contributed by atoms with Gasteiger partial charge in [-0.2, -0.15) is 0 Å². The number of nitrogens with one attached hydrogen (secondary N) is 2. The molecule has 3 aliphatic heterocycles. The summed E-state index contributed by atoms with van der Waals surface area (Å²) in [5.74, 6) is -5.01. The molecule has 2 fully saturated rings. The van der Waals surface area contributed by atoms with Crippen molar-refractivity contribution >= 4 is 81.4 Å². The van der Waals surface area contributed by atoms with Crippen molar-refractivity contribution in [2.24, 2.45) is 29.4 Å². The van der Waals surface area contributed by atoms with Gasteiger partial charge in [0.25, 0.3) is 5.91 Å². The molecule has 4 bridgehead atoms. The molecule has 4 heterocycles. The third-order valence-corrected chi connectivity index (χ3v) is 18.7. The molecular weight excluding hydrogens is 1200 g/mol. The number of aliphatic hydroxyl groups is 1. The van der Waals surface area contributed by atoms with Gasteiger partial charge < -0.3 is 59.7 Å². The standard InChI is InChI=1S/C69H95ClN6O16/c1-14-45(15-2)66(84)89-41(6)21-16-17-22-49(77)35-50(39(3)4)63(81)74-52(23-19-29-72-67(71)85)54(78)34-48-27-25-46-33-47(26-28-51(46)73-48)64(82)75(10)43(8)65(83)91-58-36-59(79)76(11)53-31-44(32-55(87-12)61(53)70)30-40(5)20-18-24-57(88-13)69(86)37-56(90-60(80)38-69)42(7)62-68(58,9)92-62/h18,20,24-28,31-33,39,41-43,45,50,52,56-58,62,86H,14-17,19,21-23,29-30,34-38H2,1-13H3,(H,74,81)(H3,71,72,85)/b24-18+,40-20+/t41?,42-,43+,50+,52+,56+,57-,58+,62+,68+,69-/m1/s1. The van der Waals surface area contributed by atoms with Crippen molar-refractivity contribution in [3.05, 3.63) is 88.1 Å². The van der Waals surface area contributed by atoms with E-state index in [0.717, 1.165) is 11.1 Å². The van der Waals surface area contributed by atoms with Crippen molar-refractivity contribution in [2.75, 3.05) is 39.8 Å². The number of allylic oxidation sites excluding steroid dienone is 3. The Balaban J connectivity index is 1.15. The number of rotatable bonds is 27. The summed E-state index contributed by atoms with van der Waals surface area (Å²) >= 11 is 6.88. The number of primary amides is 1. The maximum absolute atomic E-state index is 14.6. The summed E-state index contributed by atoms with van der Waals surface area (Å²) in [5.41, 5.74) is 5.33. The van der Waals surface area contributed by atoms with Crippen LogP contribution in [0, 0.1) is 23.7 Å². The van der Waals surface area contributed by atoms with Gasteiger partial charge in [-0.25, -0.2) is 9.59 Å². The predicted octanol–water partition coefficient (Wildman–Crippen LogP) is 8.83. The number of carbonyl (C=O) groups is 9. The van der Waals surface area contributed by atoms with E-state index in [1.165, 1.54) is 44.1 Å². The highest BCUT2D eigenvalue weighted by Gasteiger charge is 2.64. The second-order valence-corrected chi connectivity index (χ2v) is 26.0. The average molecular weight is 1300 g/mol. The molecule has 5 amide bonds. The summed E-state index contributed by atoms with van der Waals surface area (Å²) in [4.78, 5) is 129. The zero-order valence-corrected chi connectivity index (χ0v) is 56.4. The number of nitrogens with two attached hydrogens (primary N) is 1. The molecule has 1 unspecified atom stereocenters. The van der Waals surface area contributed by atoms with Crippen LogP contribution >= 0.6 is 11.6 Å². The summed E-state index contributed by atoms with van der Waals surface area (Å²) in [6.07, 6.45) is 4.67. The number of ether oxygens (including phenoxy) is 6. The number of carbonyl (C=O) groups excluding carboxylic acids is 9. The molecule has 0 aliphatic carbocycles. The summed E-state index contributed by atoms with van der Waals surface area (Å²) in [7, 11) is 5.91. The largest absolute Gasteiger partial charge is 0.495 e. The molecule has 23 heteroatoms. The number of unbranched alkanes of at least 4 members (excludes halogenated alkanes) is 1. The lowest BCUT2D eigenvalue weighted by Gasteiger charge is -2.41. The quantitative estimate of drug-likeness (QED) is 0.0240. The third-order valence-electron chi connectivity index (χ3n) is 18.3. The Hall–Kier alpha value is -7.27. The minimum atomic E-state index is -1.66. The second kappa shape index (κ2) is 33.0. The fraction of sp³-hybridized carbons (Fsp3) is 0.594. The van der Waals surface area contributed by atoms with Crippen LogP contribution in [-0.4, -0.2) is 157 Å². The average Bonchev–Trinajstić information content (AvgIpc) is 1.57. The zero-order valence-electron chi connectivity index (χ0n) is 55.6. The van der Waals surface area contributed by atoms with E-state index in [9.17, 15) is 48.3 Å². The number of amides is 5. The number of halogens is 1. The van der Waals surface area contributed by atoms with Crippen LogP contribution in [0.2, 0.25) is 5.02 Å². The van der Waals surface area contributed by atoms with Crippen LogP contribution in [0.1, 0.15) is 161 Å². The summed E-state index contributed by atoms with van der Waals surface area (Å²) in [6, 6.07) is 8.69. The van der Waals surface area contributed by atoms with Gasteiger partial charge in [-0.3, -0.25) is 38.5 Å². The number of hydrogen-bond acceptors (Lipinski definition) is 17. The van der Waals surface area contributed by atoms with Gasteiger partial charge in [0, 0.05) is 75.5 Å². The van der Waals surface area contributed by atoms with Gasteiger partial charge in [0.15, 0.2) is 5.78 Å². The maximum Gasteiger partial charge on any atom is 0.328 e. The number of anilines is 1. The molecule has 22 nitrogen and oxygen atoms in total. The lowest BCUT2D eigenvalue weighted by molar-refractivity contribution is -0.187. The van der Waals surface area contributed by atoms with Crippen LogP contribution < -0.4 is 26.0 Å². The van der Waals surface area contributed by atoms with E-state index >= 15 is 0 Å². The van der Waals surface area contributed by atoms with Gasteiger partial charge >= 0.3 is 23.9 Å². The molecule has 0 saturated carbocycles. The Kier molecular flexibility index (Phi) is 26.5. The first-order valence-electron chi connectivity index (χ1n) is 32.0. The van der Waals surface area contributed by atoms with Gasteiger partial charge in [-0.05, 0) is 127 Å². The Morgan fingerprint density at radius 2 is 1.68 bits per heavy atom. The number of esters is 3. The summed E-state index contributed by atoms with van der Waals surface area (Å²) < 4.78 is 35.5. The first-order valence-corrected chi connectivity index (χ1v) is 32.4. The molecule has 5 N–H and O–H groups in total. The smallest absolute Gasteiger partial charge is 0.328 e. The number of aromatic nitrogens is 1. The summed E-state index contributed by atoms with van der Waals surface area (Å²) in [6.45, 7) is 16.5. The van der Waals surface area contributed by atoms with Gasteiger partial charge in [0.05, 0.1) is 61.7 Å². The fourth-order valence-electron chi connectivity index (χ4n) is 12.2. The Bertz CT molecular complexity index is 3240. The highest BCUT2D eigenvalue weighted by molar-refractivity contribution is 6.35. The van der Waals surface area contributed by atoms with Crippen LogP contribution in [0.15, 0.2) is 66.3 Å². The number of urea groups is 1. The lowest BCUT2D eigenvalue weighted by Crippen LogP contribution is -2.53. The van der Waals surface area contributed by atoms with Gasteiger partial charge in [-0.1, -0.05) is 76.1 Å². The minimum Gasteiger partial charge on any atom is -0.495 e. The second-order valence-electron chi connectivity index (χ2n) is 25.6. The van der Waals surface area contributed by atoms with E-state index in [4.69, 9.17) is 50.7 Å². The lowest BCUT2D eigenvalue weighted by atomic mass is 9.78. The van der Waals surface area contributed by atoms with Crippen molar-refractivity contribution in [1.29, 1.82) is 0 Å². The summed E-state index contributed by atoms with van der Waals surface area (Å²) in [5, 5.41) is 18.2. The number of methoxy groups -OCH3 is 2. The van der Waals surface area contributed by atoms with E-state index in [2.05, 4.69) is 10.6 Å². The Morgan fingerprint density at radius 1 is 0.967 bits per heavy atom. The molecule has 92 heavy (non-hydrogen) atoms. The zero-order chi connectivity index (χ0) is 67.9. The molecule has 11 atom stereocenters. The number of hydrogen-bond donors (Lipinski definition) is 4. The van der Waals surface area contributed by atoms with Crippen LogP contribution in [0.4, 0.5) is 10.5 Å². The third kappa shape index (κ3) is 19.2. The van der Waals surface area contributed by atoms with Crippen molar-refractivity contribution in [2.45, 2.75) is 206 Å². The van der Waals surface area contributed by atoms with Crippen molar-refractivity contribution in [3.63, 3.8) is 0 Å². The number of pyridine rings is 1. The van der Waals surface area contributed by atoms with E-state index in [-0.39, 0.29) is 91.1 Å². The molecule has 2 aromatic carbocycles. The van der Waals surface area contributed by atoms with E-state index in [1.807, 2.05) is 47.6 Å². The maximum atomic E-state index is 14.6. The highest BCUT2D eigenvalue weighted by Crippen LogP contribution is 2.50. The van der Waals surface area contributed by atoms with E-state index in [1.54, 1.807) is 69.4 Å². The van der Waals surface area contributed by atoms with Crippen molar-refractivity contribution in [1.82, 2.24) is 20.5 Å². The topological polar surface area (TPSA) is 302 Å². The van der Waals surface area contributed by atoms with Gasteiger partial charge in [0.2, 0.25) is 11.8 Å². The molecule has 2 saturated heterocycles. The SMILES string of the molecule is CCC(CC)C(=O)OC(C)CCCCC(=O)C[C@H](C(=O)N[C@@H](CCCNC(N)=O)C(=O)Cc1ccc2cc(C(=O)N(C)[C@@H](C)C(=O)O[C@H]3CC(=O)N(C)c4cc(cc(OC)c4Cl)C/C(C)=C/C=C/[C@@H](OC)[C@]4(O)CC(=O)O[C@@H](C4)[C@@H](C)[C@@H]4O[C@@]34C)ccc2n1)C(C)C. The fourth-order valence-corrected chi connectivity index (χ4v) is 12.5. The molecule has 3 aliphatic rings. The van der Waals surface area contributed by atoms with Crippen LogP contribution in [-0.2, 0) is 70.1 Å². The van der Waals surface area contributed by atoms with Crippen LogP contribution in [0.25, 0.3) is 10.9 Å². The number of likely N-dealkylation sites (N-methyl/N-ethyl adjacent to an activating group) is 1. The van der Waals surface area contributed by atoms with Gasteiger partial charge in [0.1, 0.15) is 52.1 Å². The molecule has 1 aromatic heterocycles. The van der Waals surface area contributed by atoms with E-state index < -0.39 is 102 Å². The molecule has 6 rings (SSSR count). The number of Topliss-reactive ketones (excluding diaryl/α,β-unsaturated/α-hetero) is 2. The predicted molar refractivity (Wildman–Crippen MR) is 347 cm³/mol. The number of benzene rings is 2. The van der Waals surface area contributed by atoms with Crippen molar-refractivity contribution in [3.8, 4) is 5.75 Å². The minimum absolute atomic E-state index is 0.00915. The Morgan fingerprint density at radius 3 is 2.35 bits per heavy atom. The molecule has 3 aromatic rings. The molecule has 0 spiro atoms. The molecule has 504 valence electrons. The first-order chi connectivity index (χ1) is 43.5. The first kappa shape index (κ1) is 73.8. The normalized spacial score (nSPS) is 24.0. The number of fused-ring (bicyclic) bond motifs is 6. The Labute approximate surface area is 545 Å². The highest BCUT2D eigenvalue weighted by atomic mass is 35.5. The number of ketones is 2. The number of nitrogens with zero attached hydrogens (tertiary/aromatic N) is 3. The van der Waals surface area contributed by atoms with Crippen LogP contribution in [0.3, 0.4) is 0 Å². The molecule has 0 radical (unpaired) electrons. The van der Waals surface area contributed by atoms with Gasteiger partial charge in [-0.15, -0.1) is 0 Å². The number of epoxide rings is 1. The van der Waals surface area contributed by atoms with E-state index in [0.29, 0.717) is 73.0 Å². The monoisotopic (exact) mass is 1300 g/mol. The van der Waals surface area contributed by atoms with Crippen molar-refractivity contribution < 1.29 is 76.7 Å². The molecular formula is C69H95ClN6O16. The van der Waals surface area contributed by atoms with Crippen LogP contribution in [0.5, 0.6) is 5.75 Å².